The lowest BCUT2D eigenvalue weighted by molar-refractivity contribution is -0.146. The van der Waals surface area contributed by atoms with Crippen LogP contribution < -0.4 is 0 Å². The normalized spacial score (nSPS) is 22.8. The van der Waals surface area contributed by atoms with Crippen molar-refractivity contribution >= 4 is 11.9 Å². The van der Waals surface area contributed by atoms with Gasteiger partial charge in [0.25, 0.3) is 0 Å². The van der Waals surface area contributed by atoms with Gasteiger partial charge in [-0.15, -0.1) is 0 Å². The highest BCUT2D eigenvalue weighted by Crippen LogP contribution is 2.23. The summed E-state index contributed by atoms with van der Waals surface area (Å²) in [4.78, 5) is 21.6. The van der Waals surface area contributed by atoms with Crippen molar-refractivity contribution in [1.82, 2.24) is 0 Å². The fourth-order valence-electron chi connectivity index (χ4n) is 1.44. The predicted molar refractivity (Wildman–Crippen MR) is 56.0 cm³/mol. The van der Waals surface area contributed by atoms with Crippen molar-refractivity contribution in [2.24, 2.45) is 0 Å². The van der Waals surface area contributed by atoms with Gasteiger partial charge in [-0.1, -0.05) is 32.6 Å². The van der Waals surface area contributed by atoms with Crippen LogP contribution in [0.1, 0.15) is 39.0 Å². The van der Waals surface area contributed by atoms with Crippen LogP contribution in [0.3, 0.4) is 0 Å². The number of hydrogen-bond acceptors (Lipinski definition) is 4. The Labute approximate surface area is 94.7 Å². The Kier molecular flexibility index (Phi) is 5.25. The van der Waals surface area contributed by atoms with Crippen LogP contribution in [0.15, 0.2) is 0 Å². The van der Waals surface area contributed by atoms with Crippen LogP contribution >= 0.6 is 0 Å². The van der Waals surface area contributed by atoms with Crippen LogP contribution in [0, 0.1) is 0 Å². The fourth-order valence-corrected chi connectivity index (χ4v) is 1.44. The first-order chi connectivity index (χ1) is 7.66. The quantitative estimate of drug-likeness (QED) is 0.387. The van der Waals surface area contributed by atoms with Crippen molar-refractivity contribution in [3.63, 3.8) is 0 Å². The molecule has 5 heteroatoms. The molecule has 0 aromatic heterocycles. The van der Waals surface area contributed by atoms with Crippen LogP contribution in [0.2, 0.25) is 0 Å². The van der Waals surface area contributed by atoms with E-state index in [1.165, 1.54) is 12.8 Å². The Bertz CT molecular complexity index is 251. The van der Waals surface area contributed by atoms with Crippen molar-refractivity contribution in [3.8, 4) is 0 Å². The maximum atomic E-state index is 11.2. The lowest BCUT2D eigenvalue weighted by Gasteiger charge is -2.02. The molecule has 0 bridgehead atoms. The van der Waals surface area contributed by atoms with Crippen LogP contribution in [0.25, 0.3) is 0 Å². The predicted octanol–water partition coefficient (Wildman–Crippen LogP) is 1.35. The Hall–Kier alpha value is -1.10. The number of carbonyl (C=O) groups excluding carboxylic acids is 1. The molecule has 1 heterocycles. The number of aliphatic carboxylic acids is 1. The van der Waals surface area contributed by atoms with E-state index in [2.05, 4.69) is 11.7 Å². The SMILES string of the molecule is CCCCCCCOC(=O)[C@H]1O[C@H]1C(=O)O. The molecular formula is C11H18O5. The van der Waals surface area contributed by atoms with Crippen LogP contribution in [0.5, 0.6) is 0 Å². The molecule has 16 heavy (non-hydrogen) atoms. The third-order valence-electron chi connectivity index (χ3n) is 2.46. The molecule has 1 saturated heterocycles. The van der Waals surface area contributed by atoms with Gasteiger partial charge in [-0.3, -0.25) is 0 Å². The summed E-state index contributed by atoms with van der Waals surface area (Å²) in [5, 5.41) is 8.51. The summed E-state index contributed by atoms with van der Waals surface area (Å²) in [5.41, 5.74) is 0. The van der Waals surface area contributed by atoms with E-state index in [4.69, 9.17) is 9.84 Å². The topological polar surface area (TPSA) is 76.1 Å². The number of epoxide rings is 1. The zero-order chi connectivity index (χ0) is 12.0. The molecule has 1 N–H and O–H groups in total. The van der Waals surface area contributed by atoms with Gasteiger partial charge in [-0.25, -0.2) is 9.59 Å². The third-order valence-corrected chi connectivity index (χ3v) is 2.46. The average molecular weight is 230 g/mol. The van der Waals surface area contributed by atoms with Crippen LogP contribution in [-0.4, -0.2) is 35.9 Å². The second-order valence-electron chi connectivity index (χ2n) is 3.90. The van der Waals surface area contributed by atoms with E-state index >= 15 is 0 Å². The summed E-state index contributed by atoms with van der Waals surface area (Å²) in [6.45, 7) is 2.49. The zero-order valence-corrected chi connectivity index (χ0v) is 9.48. The van der Waals surface area contributed by atoms with E-state index < -0.39 is 24.1 Å². The van der Waals surface area contributed by atoms with Gasteiger partial charge in [-0.2, -0.15) is 0 Å². The number of carboxylic acids is 1. The van der Waals surface area contributed by atoms with Crippen molar-refractivity contribution < 1.29 is 24.2 Å². The number of rotatable bonds is 8. The molecule has 0 aromatic rings. The first-order valence-corrected chi connectivity index (χ1v) is 5.71. The van der Waals surface area contributed by atoms with E-state index in [9.17, 15) is 9.59 Å². The highest BCUT2D eigenvalue weighted by molar-refractivity contribution is 5.88. The monoisotopic (exact) mass is 230 g/mol. The number of ether oxygens (including phenoxy) is 2. The first kappa shape index (κ1) is 13.0. The largest absolute Gasteiger partial charge is 0.479 e. The van der Waals surface area contributed by atoms with E-state index in [1.54, 1.807) is 0 Å². The van der Waals surface area contributed by atoms with Gasteiger partial charge in [0, 0.05) is 0 Å². The molecule has 2 atom stereocenters. The molecule has 1 aliphatic rings. The van der Waals surface area contributed by atoms with Crippen LogP contribution in [-0.2, 0) is 19.1 Å². The minimum absolute atomic E-state index is 0.356. The second-order valence-corrected chi connectivity index (χ2v) is 3.90. The number of esters is 1. The van der Waals surface area contributed by atoms with Gasteiger partial charge in [0.2, 0.25) is 0 Å². The molecule has 1 fully saturated rings. The molecule has 0 unspecified atom stereocenters. The van der Waals surface area contributed by atoms with Crippen molar-refractivity contribution in [2.45, 2.75) is 51.2 Å². The minimum atomic E-state index is -1.11. The summed E-state index contributed by atoms with van der Waals surface area (Å²) >= 11 is 0. The number of unbranched alkanes of at least 4 members (excludes halogenated alkanes) is 4. The highest BCUT2D eigenvalue weighted by atomic mass is 16.7. The molecule has 0 saturated carbocycles. The average Bonchev–Trinajstić information content (AvgIpc) is 3.02. The number of hydrogen-bond donors (Lipinski definition) is 1. The van der Waals surface area contributed by atoms with Crippen molar-refractivity contribution in [3.05, 3.63) is 0 Å². The lowest BCUT2D eigenvalue weighted by atomic mass is 10.2. The maximum absolute atomic E-state index is 11.2. The number of carboxylic acid groups (broad SMARTS) is 1. The standard InChI is InChI=1S/C11H18O5/c1-2-3-4-5-6-7-15-11(14)9-8(16-9)10(12)13/h8-9H,2-7H2,1H3,(H,12,13)/t8-,9+/m1/s1. The third kappa shape index (κ3) is 4.18. The van der Waals surface area contributed by atoms with Gasteiger partial charge < -0.3 is 14.6 Å². The van der Waals surface area contributed by atoms with Crippen molar-refractivity contribution in [2.75, 3.05) is 6.61 Å². The number of carbonyl (C=O) groups is 2. The van der Waals surface area contributed by atoms with E-state index in [0.29, 0.717) is 6.61 Å². The molecule has 0 aromatic carbocycles. The highest BCUT2D eigenvalue weighted by Gasteiger charge is 2.51. The van der Waals surface area contributed by atoms with Gasteiger partial charge in [0.15, 0.2) is 12.2 Å². The maximum Gasteiger partial charge on any atom is 0.338 e. The Balaban J connectivity index is 1.98. The molecule has 92 valence electrons. The van der Waals surface area contributed by atoms with E-state index in [1.807, 2.05) is 0 Å². The van der Waals surface area contributed by atoms with Crippen LogP contribution in [0.4, 0.5) is 0 Å². The van der Waals surface area contributed by atoms with Gasteiger partial charge in [0.1, 0.15) is 0 Å². The van der Waals surface area contributed by atoms with Gasteiger partial charge in [0.05, 0.1) is 6.61 Å². The molecule has 1 rings (SSSR count). The van der Waals surface area contributed by atoms with Gasteiger partial charge in [-0.05, 0) is 6.42 Å². The summed E-state index contributed by atoms with van der Waals surface area (Å²) in [5.74, 6) is -1.66. The smallest absolute Gasteiger partial charge is 0.338 e. The summed E-state index contributed by atoms with van der Waals surface area (Å²) < 4.78 is 9.56. The Morgan fingerprint density at radius 1 is 1.19 bits per heavy atom. The first-order valence-electron chi connectivity index (χ1n) is 5.71. The molecule has 0 spiro atoms. The molecular weight excluding hydrogens is 212 g/mol. The minimum Gasteiger partial charge on any atom is -0.479 e. The van der Waals surface area contributed by atoms with Gasteiger partial charge >= 0.3 is 11.9 Å². The lowest BCUT2D eigenvalue weighted by Crippen LogP contribution is -2.18. The summed E-state index contributed by atoms with van der Waals surface area (Å²) in [6, 6.07) is 0. The second kappa shape index (κ2) is 6.48. The zero-order valence-electron chi connectivity index (χ0n) is 9.48. The fraction of sp³-hybridized carbons (Fsp3) is 0.818. The molecule has 5 nitrogen and oxygen atoms in total. The van der Waals surface area contributed by atoms with Crippen molar-refractivity contribution in [1.29, 1.82) is 0 Å². The van der Waals surface area contributed by atoms with E-state index in [-0.39, 0.29) is 0 Å². The molecule has 0 aliphatic carbocycles. The summed E-state index contributed by atoms with van der Waals surface area (Å²) in [7, 11) is 0. The Morgan fingerprint density at radius 3 is 2.44 bits per heavy atom. The molecule has 0 radical (unpaired) electrons. The molecule has 1 aliphatic heterocycles. The Morgan fingerprint density at radius 2 is 1.88 bits per heavy atom. The summed E-state index contributed by atoms with van der Waals surface area (Å²) in [6.07, 6.45) is 3.51. The van der Waals surface area contributed by atoms with E-state index in [0.717, 1.165) is 19.3 Å². The molecule has 0 amide bonds.